The Bertz CT molecular complexity index is 606. The molecule has 5 heteroatoms. The Morgan fingerprint density at radius 1 is 1.30 bits per heavy atom. The highest BCUT2D eigenvalue weighted by atomic mass is 16.2. The summed E-state index contributed by atoms with van der Waals surface area (Å²) >= 11 is 0. The highest BCUT2D eigenvalue weighted by molar-refractivity contribution is 5.90. The fourth-order valence-corrected chi connectivity index (χ4v) is 2.69. The van der Waals surface area contributed by atoms with Crippen molar-refractivity contribution in [1.29, 1.82) is 0 Å². The molecule has 104 valence electrons. The normalized spacial score (nSPS) is 15.4. The van der Waals surface area contributed by atoms with Crippen molar-refractivity contribution in [2.45, 2.75) is 38.6 Å². The van der Waals surface area contributed by atoms with Crippen molar-refractivity contribution in [3.8, 4) is 0 Å². The third-order valence-corrected chi connectivity index (χ3v) is 3.85. The Morgan fingerprint density at radius 2 is 2.10 bits per heavy atom. The molecule has 0 bridgehead atoms. The van der Waals surface area contributed by atoms with Crippen LogP contribution in [0.25, 0.3) is 0 Å². The Balaban J connectivity index is 1.74. The second-order valence-corrected chi connectivity index (χ2v) is 5.26. The summed E-state index contributed by atoms with van der Waals surface area (Å²) in [7, 11) is 0. The summed E-state index contributed by atoms with van der Waals surface area (Å²) in [4.78, 5) is 15.8. The maximum Gasteiger partial charge on any atom is 0.289 e. The van der Waals surface area contributed by atoms with Gasteiger partial charge in [0.05, 0.1) is 6.04 Å². The van der Waals surface area contributed by atoms with Gasteiger partial charge >= 0.3 is 0 Å². The molecule has 1 aromatic carbocycles. The van der Waals surface area contributed by atoms with Crippen LogP contribution in [0.5, 0.6) is 0 Å². The molecule has 1 heterocycles. The molecule has 0 saturated heterocycles. The second kappa shape index (κ2) is 5.45. The number of carbonyl (C=O) groups excluding carboxylic acids is 1. The minimum absolute atomic E-state index is 0.0418. The van der Waals surface area contributed by atoms with Crippen molar-refractivity contribution >= 4 is 5.91 Å². The number of nitrogens with zero attached hydrogens (tertiary/aromatic N) is 2. The lowest BCUT2D eigenvalue weighted by molar-refractivity contribution is 0.0930. The topological polar surface area (TPSA) is 70.7 Å². The summed E-state index contributed by atoms with van der Waals surface area (Å²) < 4.78 is 0. The van der Waals surface area contributed by atoms with Gasteiger partial charge in [0, 0.05) is 0 Å². The molecule has 2 aromatic rings. The fourth-order valence-electron chi connectivity index (χ4n) is 2.69. The Labute approximate surface area is 117 Å². The summed E-state index contributed by atoms with van der Waals surface area (Å²) in [5.74, 6) is 0.0162. The monoisotopic (exact) mass is 270 g/mol. The molecule has 2 N–H and O–H groups in total. The molecule has 0 saturated carbocycles. The quantitative estimate of drug-likeness (QED) is 0.898. The molecule has 1 aromatic heterocycles. The maximum atomic E-state index is 11.9. The van der Waals surface area contributed by atoms with Crippen LogP contribution in [0.2, 0.25) is 0 Å². The van der Waals surface area contributed by atoms with E-state index in [2.05, 4.69) is 38.7 Å². The lowest BCUT2D eigenvalue weighted by Gasteiger charge is -2.19. The number of benzene rings is 1. The largest absolute Gasteiger partial charge is 0.343 e. The Kier molecular flexibility index (Phi) is 3.50. The summed E-state index contributed by atoms with van der Waals surface area (Å²) in [5, 5.41) is 9.19. The Morgan fingerprint density at radius 3 is 2.85 bits per heavy atom. The molecule has 3 rings (SSSR count). The summed E-state index contributed by atoms with van der Waals surface area (Å²) in [5.41, 5.74) is 4.02. The lowest BCUT2D eigenvalue weighted by Crippen LogP contribution is -2.27. The van der Waals surface area contributed by atoms with E-state index in [1.54, 1.807) is 0 Å². The maximum absolute atomic E-state index is 11.9. The van der Waals surface area contributed by atoms with Gasteiger partial charge in [-0.3, -0.25) is 9.89 Å². The number of hydrogen-bond donors (Lipinski definition) is 2. The standard InChI is InChI=1S/C15H18N4O/c1-10(18-15(20)14-16-9-17-19-14)12-7-6-11-4-2-3-5-13(11)8-12/h6-10H,2-5H2,1H3,(H,18,20)(H,16,17,19). The van der Waals surface area contributed by atoms with Gasteiger partial charge in [0.15, 0.2) is 0 Å². The molecule has 0 aliphatic heterocycles. The van der Waals surface area contributed by atoms with Gasteiger partial charge in [-0.05, 0) is 49.3 Å². The molecular weight excluding hydrogens is 252 g/mol. The van der Waals surface area contributed by atoms with Gasteiger partial charge < -0.3 is 5.32 Å². The van der Waals surface area contributed by atoms with Crippen molar-refractivity contribution in [2.75, 3.05) is 0 Å². The molecule has 1 atom stereocenters. The molecule has 20 heavy (non-hydrogen) atoms. The summed E-state index contributed by atoms with van der Waals surface area (Å²) in [6, 6.07) is 6.48. The van der Waals surface area contributed by atoms with Crippen LogP contribution >= 0.6 is 0 Å². The predicted molar refractivity (Wildman–Crippen MR) is 75.3 cm³/mol. The molecule has 0 fully saturated rings. The fraction of sp³-hybridized carbons (Fsp3) is 0.400. The number of amides is 1. The minimum Gasteiger partial charge on any atom is -0.343 e. The van der Waals surface area contributed by atoms with Gasteiger partial charge in [0.25, 0.3) is 5.91 Å². The van der Waals surface area contributed by atoms with Gasteiger partial charge in [0.2, 0.25) is 5.82 Å². The van der Waals surface area contributed by atoms with E-state index in [1.807, 2.05) is 6.92 Å². The number of aryl methyl sites for hydroxylation is 2. The van der Waals surface area contributed by atoms with Gasteiger partial charge in [-0.1, -0.05) is 18.2 Å². The van der Waals surface area contributed by atoms with Crippen molar-refractivity contribution in [1.82, 2.24) is 20.5 Å². The van der Waals surface area contributed by atoms with E-state index < -0.39 is 0 Å². The number of rotatable bonds is 3. The van der Waals surface area contributed by atoms with Gasteiger partial charge in [-0.2, -0.15) is 5.10 Å². The zero-order valence-electron chi connectivity index (χ0n) is 11.5. The molecule has 0 spiro atoms. The number of aromatic nitrogens is 3. The molecule has 0 radical (unpaired) electrons. The van der Waals surface area contributed by atoms with Crippen LogP contribution in [0.3, 0.4) is 0 Å². The molecule has 1 unspecified atom stereocenters. The van der Waals surface area contributed by atoms with Crippen molar-refractivity contribution < 1.29 is 4.79 Å². The first kappa shape index (κ1) is 12.8. The SMILES string of the molecule is CC(NC(=O)c1ncn[nH]1)c1ccc2c(c1)CCCC2. The van der Waals surface area contributed by atoms with Crippen LogP contribution in [0.15, 0.2) is 24.5 Å². The van der Waals surface area contributed by atoms with Crippen molar-refractivity contribution in [3.05, 3.63) is 47.0 Å². The number of fused-ring (bicyclic) bond motifs is 1. The number of carbonyl (C=O) groups is 1. The van der Waals surface area contributed by atoms with Crippen molar-refractivity contribution in [3.63, 3.8) is 0 Å². The first-order valence-electron chi connectivity index (χ1n) is 7.02. The van der Waals surface area contributed by atoms with Crippen molar-refractivity contribution in [2.24, 2.45) is 0 Å². The van der Waals surface area contributed by atoms with E-state index in [-0.39, 0.29) is 17.8 Å². The number of aromatic amines is 1. The highest BCUT2D eigenvalue weighted by Crippen LogP contribution is 2.24. The number of H-pyrrole nitrogens is 1. The average molecular weight is 270 g/mol. The van der Waals surface area contributed by atoms with Crippen LogP contribution in [-0.4, -0.2) is 21.1 Å². The van der Waals surface area contributed by atoms with E-state index in [9.17, 15) is 4.79 Å². The molecule has 1 aliphatic rings. The number of nitrogens with one attached hydrogen (secondary N) is 2. The van der Waals surface area contributed by atoms with Gasteiger partial charge in [-0.25, -0.2) is 4.98 Å². The van der Waals surface area contributed by atoms with Crippen LogP contribution in [0.4, 0.5) is 0 Å². The number of hydrogen-bond acceptors (Lipinski definition) is 3. The average Bonchev–Trinajstić information content (AvgIpc) is 3.01. The predicted octanol–water partition coefficient (Wildman–Crippen LogP) is 2.17. The van der Waals surface area contributed by atoms with Gasteiger partial charge in [0.1, 0.15) is 6.33 Å². The summed E-state index contributed by atoms with van der Waals surface area (Å²) in [6.45, 7) is 1.98. The third kappa shape index (κ3) is 2.57. The van der Waals surface area contributed by atoms with E-state index in [1.165, 1.54) is 36.7 Å². The van der Waals surface area contributed by atoms with E-state index in [0.29, 0.717) is 0 Å². The second-order valence-electron chi connectivity index (χ2n) is 5.26. The minimum atomic E-state index is -0.229. The molecule has 5 nitrogen and oxygen atoms in total. The zero-order chi connectivity index (χ0) is 13.9. The van der Waals surface area contributed by atoms with Crippen LogP contribution in [0.1, 0.15) is 53.1 Å². The van der Waals surface area contributed by atoms with Gasteiger partial charge in [-0.15, -0.1) is 0 Å². The Hall–Kier alpha value is -2.17. The first-order valence-corrected chi connectivity index (χ1v) is 7.02. The van der Waals surface area contributed by atoms with E-state index in [0.717, 1.165) is 12.0 Å². The van der Waals surface area contributed by atoms with Crippen LogP contribution < -0.4 is 5.32 Å². The summed E-state index contributed by atoms with van der Waals surface area (Å²) in [6.07, 6.45) is 6.19. The zero-order valence-corrected chi connectivity index (χ0v) is 11.5. The first-order chi connectivity index (χ1) is 9.74. The molecular formula is C15H18N4O. The molecule has 1 amide bonds. The van der Waals surface area contributed by atoms with Crippen LogP contribution in [-0.2, 0) is 12.8 Å². The lowest BCUT2D eigenvalue weighted by atomic mass is 9.89. The van der Waals surface area contributed by atoms with E-state index >= 15 is 0 Å². The smallest absolute Gasteiger partial charge is 0.289 e. The van der Waals surface area contributed by atoms with E-state index in [4.69, 9.17) is 0 Å². The third-order valence-electron chi connectivity index (χ3n) is 3.85. The highest BCUT2D eigenvalue weighted by Gasteiger charge is 2.16. The van der Waals surface area contributed by atoms with Crippen LogP contribution in [0, 0.1) is 0 Å². The molecule has 1 aliphatic carbocycles.